The maximum atomic E-state index is 11.8. The molecule has 0 saturated carbocycles. The molecule has 0 saturated heterocycles. The van der Waals surface area contributed by atoms with E-state index in [-0.39, 0.29) is 25.1 Å². The summed E-state index contributed by atoms with van der Waals surface area (Å²) >= 11 is 0. The van der Waals surface area contributed by atoms with Crippen molar-refractivity contribution in [2.24, 2.45) is 0 Å². The summed E-state index contributed by atoms with van der Waals surface area (Å²) in [6.07, 6.45) is 0.263. The fourth-order valence-corrected chi connectivity index (χ4v) is 2.64. The molecule has 5 nitrogen and oxygen atoms in total. The quantitative estimate of drug-likeness (QED) is 0.590. The van der Waals surface area contributed by atoms with Crippen molar-refractivity contribution in [3.63, 3.8) is 0 Å². The van der Waals surface area contributed by atoms with E-state index in [9.17, 15) is 4.79 Å². The van der Waals surface area contributed by atoms with Gasteiger partial charge in [-0.05, 0) is 25.1 Å². The number of rotatable bonds is 1. The highest BCUT2D eigenvalue weighted by Crippen LogP contribution is 2.46. The van der Waals surface area contributed by atoms with E-state index in [1.165, 1.54) is 0 Å². The van der Waals surface area contributed by atoms with Crippen LogP contribution in [0.15, 0.2) is 28.7 Å². The molecule has 0 aliphatic carbocycles. The molecule has 2 aromatic rings. The number of esters is 1. The summed E-state index contributed by atoms with van der Waals surface area (Å²) in [5.74, 6) is 2.97. The van der Waals surface area contributed by atoms with Gasteiger partial charge in [0.1, 0.15) is 17.3 Å². The number of carbonyl (C=O) groups excluding carboxylic acids is 1. The van der Waals surface area contributed by atoms with Crippen molar-refractivity contribution in [1.82, 2.24) is 0 Å². The van der Waals surface area contributed by atoms with E-state index in [1.807, 2.05) is 25.1 Å². The Hall–Kier alpha value is -2.43. The SMILES string of the molecule is Cc1ccc([C@@H]2CC(=O)Oc3cc4c(cc32)OCO4)o1. The van der Waals surface area contributed by atoms with Crippen molar-refractivity contribution >= 4 is 5.97 Å². The topological polar surface area (TPSA) is 57.9 Å². The van der Waals surface area contributed by atoms with Crippen molar-refractivity contribution in [3.05, 3.63) is 41.3 Å². The first-order chi connectivity index (χ1) is 9.70. The summed E-state index contributed by atoms with van der Waals surface area (Å²) in [7, 11) is 0. The van der Waals surface area contributed by atoms with Crippen molar-refractivity contribution in [1.29, 1.82) is 0 Å². The molecule has 2 aliphatic heterocycles. The molecule has 0 fully saturated rings. The van der Waals surface area contributed by atoms with Crippen molar-refractivity contribution in [3.8, 4) is 17.2 Å². The number of hydrogen-bond acceptors (Lipinski definition) is 5. The second-order valence-corrected chi connectivity index (χ2v) is 4.92. The highest BCUT2D eigenvalue weighted by molar-refractivity contribution is 5.78. The molecule has 1 aromatic heterocycles. The molecule has 20 heavy (non-hydrogen) atoms. The number of fused-ring (bicyclic) bond motifs is 2. The minimum absolute atomic E-state index is 0.144. The monoisotopic (exact) mass is 272 g/mol. The van der Waals surface area contributed by atoms with Crippen LogP contribution >= 0.6 is 0 Å². The van der Waals surface area contributed by atoms with Crippen LogP contribution in [-0.4, -0.2) is 12.8 Å². The van der Waals surface area contributed by atoms with Gasteiger partial charge >= 0.3 is 5.97 Å². The minimum atomic E-state index is -0.268. The smallest absolute Gasteiger partial charge is 0.312 e. The van der Waals surface area contributed by atoms with E-state index in [1.54, 1.807) is 6.07 Å². The number of ether oxygens (including phenoxy) is 3. The Balaban J connectivity index is 1.85. The molecule has 3 heterocycles. The zero-order valence-corrected chi connectivity index (χ0v) is 10.8. The molecule has 0 bridgehead atoms. The van der Waals surface area contributed by atoms with Crippen LogP contribution in [-0.2, 0) is 4.79 Å². The second-order valence-electron chi connectivity index (χ2n) is 4.92. The number of hydrogen-bond donors (Lipinski definition) is 0. The molecule has 5 heteroatoms. The first-order valence-electron chi connectivity index (χ1n) is 6.41. The normalized spacial score (nSPS) is 19.6. The lowest BCUT2D eigenvalue weighted by atomic mass is 9.90. The molecule has 0 radical (unpaired) electrons. The third kappa shape index (κ3) is 1.66. The molecule has 1 atom stereocenters. The van der Waals surface area contributed by atoms with E-state index >= 15 is 0 Å². The standard InChI is InChI=1S/C15H12O5/c1-8-2-3-11(19-8)10-5-15(16)20-12-6-14-13(4-9(10)12)17-7-18-14/h2-4,6,10H,5,7H2,1H3/t10-/m1/s1. The summed E-state index contributed by atoms with van der Waals surface area (Å²) < 4.78 is 21.7. The van der Waals surface area contributed by atoms with Crippen LogP contribution in [0.25, 0.3) is 0 Å². The first kappa shape index (κ1) is 11.4. The van der Waals surface area contributed by atoms with E-state index in [4.69, 9.17) is 18.6 Å². The van der Waals surface area contributed by atoms with Crippen molar-refractivity contribution < 1.29 is 23.4 Å². The fourth-order valence-electron chi connectivity index (χ4n) is 2.64. The van der Waals surface area contributed by atoms with E-state index in [0.29, 0.717) is 17.2 Å². The Morgan fingerprint density at radius 2 is 1.90 bits per heavy atom. The van der Waals surface area contributed by atoms with Crippen LogP contribution in [0.4, 0.5) is 0 Å². The van der Waals surface area contributed by atoms with Gasteiger partial charge in [0.05, 0.1) is 12.3 Å². The Bertz CT molecular complexity index is 700. The lowest BCUT2D eigenvalue weighted by molar-refractivity contribution is -0.135. The molecular formula is C15H12O5. The van der Waals surface area contributed by atoms with Gasteiger partial charge in [0.2, 0.25) is 6.79 Å². The summed E-state index contributed by atoms with van der Waals surface area (Å²) in [5, 5.41) is 0. The van der Waals surface area contributed by atoms with Crippen LogP contribution in [0.5, 0.6) is 17.2 Å². The zero-order chi connectivity index (χ0) is 13.7. The lowest BCUT2D eigenvalue weighted by Gasteiger charge is -2.23. The highest BCUT2D eigenvalue weighted by Gasteiger charge is 2.33. The Labute approximate surface area is 115 Å². The maximum absolute atomic E-state index is 11.8. The Morgan fingerprint density at radius 1 is 1.10 bits per heavy atom. The molecule has 2 aliphatic rings. The van der Waals surface area contributed by atoms with Crippen LogP contribution < -0.4 is 14.2 Å². The molecular weight excluding hydrogens is 260 g/mol. The number of benzene rings is 1. The van der Waals surface area contributed by atoms with Crippen LogP contribution in [0, 0.1) is 6.92 Å². The second kappa shape index (κ2) is 4.03. The van der Waals surface area contributed by atoms with Gasteiger partial charge < -0.3 is 18.6 Å². The highest BCUT2D eigenvalue weighted by atomic mass is 16.7. The van der Waals surface area contributed by atoms with Gasteiger partial charge in [0.25, 0.3) is 0 Å². The molecule has 0 spiro atoms. The molecule has 0 N–H and O–H groups in total. The number of aryl methyl sites for hydroxylation is 1. The van der Waals surface area contributed by atoms with Gasteiger partial charge in [0, 0.05) is 11.6 Å². The maximum Gasteiger partial charge on any atom is 0.312 e. The Morgan fingerprint density at radius 3 is 2.65 bits per heavy atom. The molecule has 0 amide bonds. The molecule has 102 valence electrons. The van der Waals surface area contributed by atoms with Gasteiger partial charge in [-0.1, -0.05) is 0 Å². The van der Waals surface area contributed by atoms with Gasteiger partial charge in [-0.25, -0.2) is 0 Å². The lowest BCUT2D eigenvalue weighted by Crippen LogP contribution is -2.20. The van der Waals surface area contributed by atoms with Crippen molar-refractivity contribution in [2.45, 2.75) is 19.3 Å². The minimum Gasteiger partial charge on any atom is -0.466 e. The predicted molar refractivity (Wildman–Crippen MR) is 68.1 cm³/mol. The van der Waals surface area contributed by atoms with E-state index in [0.717, 1.165) is 17.1 Å². The van der Waals surface area contributed by atoms with Gasteiger partial charge in [-0.2, -0.15) is 0 Å². The van der Waals surface area contributed by atoms with Gasteiger partial charge in [-0.15, -0.1) is 0 Å². The zero-order valence-electron chi connectivity index (χ0n) is 10.8. The third-order valence-electron chi connectivity index (χ3n) is 3.58. The van der Waals surface area contributed by atoms with Gasteiger partial charge in [0.15, 0.2) is 11.5 Å². The molecule has 4 rings (SSSR count). The summed E-state index contributed by atoms with van der Waals surface area (Å²) in [5.41, 5.74) is 0.892. The summed E-state index contributed by atoms with van der Waals surface area (Å²) in [6.45, 7) is 2.07. The van der Waals surface area contributed by atoms with E-state index in [2.05, 4.69) is 0 Å². The summed E-state index contributed by atoms with van der Waals surface area (Å²) in [6, 6.07) is 7.36. The predicted octanol–water partition coefficient (Wildman–Crippen LogP) is 2.76. The average Bonchev–Trinajstić information content (AvgIpc) is 3.03. The fraction of sp³-hybridized carbons (Fsp3) is 0.267. The third-order valence-corrected chi connectivity index (χ3v) is 3.58. The Kier molecular flexibility index (Phi) is 2.30. The van der Waals surface area contributed by atoms with E-state index < -0.39 is 0 Å². The summed E-state index contributed by atoms with van der Waals surface area (Å²) in [4.78, 5) is 11.8. The van der Waals surface area contributed by atoms with Crippen LogP contribution in [0.3, 0.4) is 0 Å². The first-order valence-corrected chi connectivity index (χ1v) is 6.41. The largest absolute Gasteiger partial charge is 0.466 e. The number of furan rings is 1. The van der Waals surface area contributed by atoms with Crippen molar-refractivity contribution in [2.75, 3.05) is 6.79 Å². The number of carbonyl (C=O) groups is 1. The molecule has 0 unspecified atom stereocenters. The van der Waals surface area contributed by atoms with Crippen LogP contribution in [0.2, 0.25) is 0 Å². The van der Waals surface area contributed by atoms with Crippen LogP contribution in [0.1, 0.15) is 29.4 Å². The molecule has 1 aromatic carbocycles. The average molecular weight is 272 g/mol. The van der Waals surface area contributed by atoms with Gasteiger partial charge in [-0.3, -0.25) is 4.79 Å².